The fourth-order valence-electron chi connectivity index (χ4n) is 2.95. The third-order valence-corrected chi connectivity index (χ3v) is 4.30. The molecular weight excluding hydrogens is 188 g/mol. The predicted octanol–water partition coefficient (Wildman–Crippen LogP) is 1.56. The molecule has 1 saturated heterocycles. The van der Waals surface area contributed by atoms with Crippen molar-refractivity contribution in [3.8, 4) is 0 Å². The summed E-state index contributed by atoms with van der Waals surface area (Å²) >= 11 is 0. The van der Waals surface area contributed by atoms with E-state index in [0.29, 0.717) is 5.41 Å². The van der Waals surface area contributed by atoms with E-state index in [-0.39, 0.29) is 17.5 Å². The van der Waals surface area contributed by atoms with Crippen LogP contribution in [0.5, 0.6) is 0 Å². The monoisotopic (exact) mass is 210 g/mol. The maximum Gasteiger partial charge on any atom is 0.234 e. The summed E-state index contributed by atoms with van der Waals surface area (Å²) in [5.41, 5.74) is 6.05. The van der Waals surface area contributed by atoms with Crippen molar-refractivity contribution in [1.82, 2.24) is 5.32 Å². The minimum atomic E-state index is -0.184. The fourth-order valence-corrected chi connectivity index (χ4v) is 2.95. The van der Waals surface area contributed by atoms with Crippen LogP contribution in [0.15, 0.2) is 0 Å². The molecule has 15 heavy (non-hydrogen) atoms. The van der Waals surface area contributed by atoms with Gasteiger partial charge in [0.1, 0.15) is 0 Å². The van der Waals surface area contributed by atoms with Crippen LogP contribution in [0.25, 0.3) is 0 Å². The lowest BCUT2D eigenvalue weighted by molar-refractivity contribution is -0.119. The highest BCUT2D eigenvalue weighted by atomic mass is 16.1. The van der Waals surface area contributed by atoms with Crippen LogP contribution in [-0.4, -0.2) is 17.5 Å². The minimum Gasteiger partial charge on any atom is -0.368 e. The van der Waals surface area contributed by atoms with Gasteiger partial charge in [0, 0.05) is 5.54 Å². The Morgan fingerprint density at radius 2 is 1.80 bits per heavy atom. The van der Waals surface area contributed by atoms with Crippen LogP contribution >= 0.6 is 0 Å². The van der Waals surface area contributed by atoms with Crippen LogP contribution in [0.4, 0.5) is 0 Å². The lowest BCUT2D eigenvalue weighted by Gasteiger charge is -2.41. The van der Waals surface area contributed by atoms with Crippen molar-refractivity contribution >= 4 is 5.91 Å². The molecule has 1 aliphatic heterocycles. The number of amides is 1. The van der Waals surface area contributed by atoms with Gasteiger partial charge in [-0.25, -0.2) is 0 Å². The Morgan fingerprint density at radius 3 is 2.27 bits per heavy atom. The molecule has 2 aliphatic rings. The SMILES string of the molecule is CC1(C)CCC2(CCC(C(N)=O)N2)CC1. The van der Waals surface area contributed by atoms with Gasteiger partial charge in [-0.3, -0.25) is 4.79 Å². The zero-order valence-electron chi connectivity index (χ0n) is 9.81. The molecule has 1 amide bonds. The maximum atomic E-state index is 11.1. The van der Waals surface area contributed by atoms with Gasteiger partial charge in [-0.2, -0.15) is 0 Å². The number of hydrogen-bond donors (Lipinski definition) is 2. The van der Waals surface area contributed by atoms with Gasteiger partial charge in [0.05, 0.1) is 6.04 Å². The van der Waals surface area contributed by atoms with E-state index < -0.39 is 0 Å². The molecule has 3 heteroatoms. The molecule has 1 atom stereocenters. The Kier molecular flexibility index (Phi) is 2.53. The first kappa shape index (κ1) is 10.9. The number of nitrogens with two attached hydrogens (primary N) is 1. The number of carbonyl (C=O) groups excluding carboxylic acids is 1. The third-order valence-electron chi connectivity index (χ3n) is 4.30. The average Bonchev–Trinajstić information content (AvgIpc) is 2.56. The molecule has 1 spiro atoms. The lowest BCUT2D eigenvalue weighted by Crippen LogP contribution is -2.50. The predicted molar refractivity (Wildman–Crippen MR) is 60.3 cm³/mol. The summed E-state index contributed by atoms with van der Waals surface area (Å²) in [5, 5.41) is 3.47. The Balaban J connectivity index is 1.98. The van der Waals surface area contributed by atoms with E-state index >= 15 is 0 Å². The number of carbonyl (C=O) groups is 1. The molecule has 0 bridgehead atoms. The topological polar surface area (TPSA) is 55.1 Å². The molecule has 86 valence electrons. The van der Waals surface area contributed by atoms with Crippen molar-refractivity contribution in [2.24, 2.45) is 11.1 Å². The molecule has 3 N–H and O–H groups in total. The first-order chi connectivity index (χ1) is 6.93. The molecule has 0 aromatic rings. The van der Waals surface area contributed by atoms with Crippen LogP contribution in [0.1, 0.15) is 52.4 Å². The zero-order valence-corrected chi connectivity index (χ0v) is 9.81. The van der Waals surface area contributed by atoms with E-state index in [4.69, 9.17) is 5.73 Å². The average molecular weight is 210 g/mol. The van der Waals surface area contributed by atoms with E-state index in [1.165, 1.54) is 25.7 Å². The van der Waals surface area contributed by atoms with E-state index in [0.717, 1.165) is 12.8 Å². The minimum absolute atomic E-state index is 0.0776. The van der Waals surface area contributed by atoms with Gasteiger partial charge in [0.15, 0.2) is 0 Å². The molecular formula is C12H22N2O. The van der Waals surface area contributed by atoms with Crippen molar-refractivity contribution < 1.29 is 4.79 Å². The molecule has 0 radical (unpaired) electrons. The zero-order chi connectivity index (χ0) is 11.1. The van der Waals surface area contributed by atoms with E-state index in [9.17, 15) is 4.79 Å². The molecule has 0 aromatic heterocycles. The van der Waals surface area contributed by atoms with Crippen molar-refractivity contribution in [2.45, 2.75) is 64.0 Å². The summed E-state index contributed by atoms with van der Waals surface area (Å²) in [6.07, 6.45) is 6.96. The van der Waals surface area contributed by atoms with Gasteiger partial charge in [-0.05, 0) is 43.9 Å². The molecule has 1 saturated carbocycles. The second-order valence-corrected chi connectivity index (χ2v) is 6.08. The second kappa shape index (κ2) is 3.48. The quantitative estimate of drug-likeness (QED) is 0.690. The van der Waals surface area contributed by atoms with Gasteiger partial charge in [0.25, 0.3) is 0 Å². The van der Waals surface area contributed by atoms with Crippen molar-refractivity contribution in [3.63, 3.8) is 0 Å². The van der Waals surface area contributed by atoms with Crippen LogP contribution in [0.3, 0.4) is 0 Å². The number of rotatable bonds is 1. The molecule has 1 aliphatic carbocycles. The van der Waals surface area contributed by atoms with Crippen molar-refractivity contribution in [1.29, 1.82) is 0 Å². The summed E-state index contributed by atoms with van der Waals surface area (Å²) < 4.78 is 0. The van der Waals surface area contributed by atoms with Crippen molar-refractivity contribution in [3.05, 3.63) is 0 Å². The Hall–Kier alpha value is -0.570. The Morgan fingerprint density at radius 1 is 1.20 bits per heavy atom. The van der Waals surface area contributed by atoms with Crippen LogP contribution in [0.2, 0.25) is 0 Å². The highest BCUT2D eigenvalue weighted by Crippen LogP contribution is 2.44. The lowest BCUT2D eigenvalue weighted by atomic mass is 9.69. The highest BCUT2D eigenvalue weighted by Gasteiger charge is 2.44. The standard InChI is InChI=1S/C12H22N2O/c1-11(2)5-7-12(8-6-11)4-3-9(14-12)10(13)15/h9,14H,3-8H2,1-2H3,(H2,13,15). The molecule has 2 fully saturated rings. The third kappa shape index (κ3) is 2.17. The van der Waals surface area contributed by atoms with Gasteiger partial charge in [-0.1, -0.05) is 13.8 Å². The normalized spacial score (nSPS) is 33.1. The van der Waals surface area contributed by atoms with Gasteiger partial charge in [0.2, 0.25) is 5.91 Å². The molecule has 0 aromatic carbocycles. The number of primary amides is 1. The van der Waals surface area contributed by atoms with Crippen LogP contribution in [-0.2, 0) is 4.79 Å². The molecule has 1 heterocycles. The summed E-state index contributed by atoms with van der Waals surface area (Å²) in [6.45, 7) is 4.67. The van der Waals surface area contributed by atoms with E-state index in [2.05, 4.69) is 19.2 Å². The van der Waals surface area contributed by atoms with Gasteiger partial charge < -0.3 is 11.1 Å². The molecule has 1 unspecified atom stereocenters. The van der Waals surface area contributed by atoms with Gasteiger partial charge >= 0.3 is 0 Å². The fraction of sp³-hybridized carbons (Fsp3) is 0.917. The number of hydrogen-bond acceptors (Lipinski definition) is 2. The smallest absolute Gasteiger partial charge is 0.234 e. The number of nitrogens with one attached hydrogen (secondary N) is 1. The van der Waals surface area contributed by atoms with Crippen LogP contribution < -0.4 is 11.1 Å². The Labute approximate surface area is 91.8 Å². The first-order valence-corrected chi connectivity index (χ1v) is 6.00. The largest absolute Gasteiger partial charge is 0.368 e. The summed E-state index contributed by atoms with van der Waals surface area (Å²) in [7, 11) is 0. The molecule has 2 rings (SSSR count). The van der Waals surface area contributed by atoms with E-state index in [1.807, 2.05) is 0 Å². The van der Waals surface area contributed by atoms with Crippen LogP contribution in [0, 0.1) is 5.41 Å². The summed E-state index contributed by atoms with van der Waals surface area (Å²) in [6, 6.07) is -0.0776. The highest BCUT2D eigenvalue weighted by molar-refractivity contribution is 5.80. The maximum absolute atomic E-state index is 11.1. The van der Waals surface area contributed by atoms with E-state index in [1.54, 1.807) is 0 Å². The Bertz CT molecular complexity index is 263. The first-order valence-electron chi connectivity index (χ1n) is 6.00. The summed E-state index contributed by atoms with van der Waals surface area (Å²) in [4.78, 5) is 11.1. The van der Waals surface area contributed by atoms with Crippen molar-refractivity contribution in [2.75, 3.05) is 0 Å². The second-order valence-electron chi connectivity index (χ2n) is 6.08. The van der Waals surface area contributed by atoms with Gasteiger partial charge in [-0.15, -0.1) is 0 Å². The summed E-state index contributed by atoms with van der Waals surface area (Å²) in [5.74, 6) is -0.184. The molecule has 3 nitrogen and oxygen atoms in total.